The number of carbonyl (C=O) groups excluding carboxylic acids is 1. The van der Waals surface area contributed by atoms with Gasteiger partial charge in [-0.1, -0.05) is 13.3 Å². The van der Waals surface area contributed by atoms with Crippen LogP contribution in [0.25, 0.3) is 0 Å². The Hall–Kier alpha value is -0.570. The van der Waals surface area contributed by atoms with Gasteiger partial charge in [0.05, 0.1) is 0 Å². The minimum Gasteiger partial charge on any atom is -0.337 e. The molecule has 3 atom stereocenters. The highest BCUT2D eigenvalue weighted by Crippen LogP contribution is 2.33. The lowest BCUT2D eigenvalue weighted by Gasteiger charge is -2.36. The van der Waals surface area contributed by atoms with Crippen LogP contribution in [0.2, 0.25) is 0 Å². The average molecular weight is 210 g/mol. The van der Waals surface area contributed by atoms with Gasteiger partial charge in [-0.3, -0.25) is 4.79 Å². The summed E-state index contributed by atoms with van der Waals surface area (Å²) in [4.78, 5) is 14.4. The smallest absolute Gasteiger partial charge is 0.226 e. The third kappa shape index (κ3) is 2.17. The van der Waals surface area contributed by atoms with Crippen molar-refractivity contribution in [1.29, 1.82) is 0 Å². The first-order valence-electron chi connectivity index (χ1n) is 6.21. The van der Waals surface area contributed by atoms with Crippen molar-refractivity contribution in [3.63, 3.8) is 0 Å². The van der Waals surface area contributed by atoms with Crippen LogP contribution in [0.1, 0.15) is 33.1 Å². The molecule has 0 aromatic carbocycles. The summed E-state index contributed by atoms with van der Waals surface area (Å²) in [5.41, 5.74) is 0. The van der Waals surface area contributed by atoms with E-state index in [2.05, 4.69) is 24.1 Å². The van der Waals surface area contributed by atoms with E-state index >= 15 is 0 Å². The van der Waals surface area contributed by atoms with Gasteiger partial charge in [0.25, 0.3) is 0 Å². The number of carbonyl (C=O) groups is 1. The second-order valence-corrected chi connectivity index (χ2v) is 5.10. The zero-order chi connectivity index (χ0) is 10.8. The van der Waals surface area contributed by atoms with Crippen molar-refractivity contribution in [2.75, 3.05) is 19.6 Å². The minimum absolute atomic E-state index is 0.311. The van der Waals surface area contributed by atoms with Crippen molar-refractivity contribution < 1.29 is 4.79 Å². The normalized spacial score (nSPS) is 36.9. The summed E-state index contributed by atoms with van der Waals surface area (Å²) in [5, 5.41) is 3.33. The molecule has 1 N–H and O–H groups in total. The number of rotatable bonds is 1. The van der Waals surface area contributed by atoms with Gasteiger partial charge in [-0.25, -0.2) is 0 Å². The van der Waals surface area contributed by atoms with Gasteiger partial charge in [0, 0.05) is 31.6 Å². The van der Waals surface area contributed by atoms with Crippen LogP contribution in [-0.4, -0.2) is 36.5 Å². The fourth-order valence-electron chi connectivity index (χ4n) is 2.89. The van der Waals surface area contributed by atoms with Gasteiger partial charge in [0.2, 0.25) is 5.91 Å². The number of nitrogens with zero attached hydrogens (tertiary/aromatic N) is 1. The van der Waals surface area contributed by atoms with Gasteiger partial charge in [0.1, 0.15) is 0 Å². The van der Waals surface area contributed by atoms with Gasteiger partial charge in [-0.2, -0.15) is 0 Å². The van der Waals surface area contributed by atoms with Crippen LogP contribution < -0.4 is 5.32 Å². The van der Waals surface area contributed by atoms with E-state index in [1.165, 1.54) is 12.8 Å². The second-order valence-electron chi connectivity index (χ2n) is 5.10. The Labute approximate surface area is 92.2 Å². The molecule has 0 aromatic rings. The molecule has 0 aromatic heterocycles. The van der Waals surface area contributed by atoms with Crippen molar-refractivity contribution in [3.8, 4) is 0 Å². The van der Waals surface area contributed by atoms with Crippen LogP contribution in [0, 0.1) is 11.8 Å². The topological polar surface area (TPSA) is 32.3 Å². The Kier molecular flexibility index (Phi) is 3.29. The molecule has 1 heterocycles. The predicted molar refractivity (Wildman–Crippen MR) is 60.5 cm³/mol. The summed E-state index contributed by atoms with van der Waals surface area (Å²) in [7, 11) is 0. The van der Waals surface area contributed by atoms with Gasteiger partial charge < -0.3 is 10.2 Å². The fraction of sp³-hybridized carbons (Fsp3) is 0.917. The Bertz CT molecular complexity index is 242. The van der Waals surface area contributed by atoms with Crippen LogP contribution in [-0.2, 0) is 4.79 Å². The second kappa shape index (κ2) is 4.52. The maximum Gasteiger partial charge on any atom is 0.226 e. The molecule has 86 valence electrons. The molecule has 2 fully saturated rings. The molecular formula is C12H22N2O. The zero-order valence-corrected chi connectivity index (χ0v) is 9.83. The molecule has 1 aliphatic heterocycles. The van der Waals surface area contributed by atoms with E-state index in [1.54, 1.807) is 0 Å². The van der Waals surface area contributed by atoms with Crippen molar-refractivity contribution in [2.24, 2.45) is 11.8 Å². The Morgan fingerprint density at radius 3 is 2.73 bits per heavy atom. The predicted octanol–water partition coefficient (Wildman–Crippen LogP) is 1.24. The highest BCUT2D eigenvalue weighted by atomic mass is 16.2. The summed E-state index contributed by atoms with van der Waals surface area (Å²) < 4.78 is 0. The average Bonchev–Trinajstić information content (AvgIpc) is 2.64. The molecule has 2 rings (SSSR count). The molecule has 3 unspecified atom stereocenters. The fourth-order valence-corrected chi connectivity index (χ4v) is 2.89. The van der Waals surface area contributed by atoms with Crippen molar-refractivity contribution >= 4 is 5.91 Å². The van der Waals surface area contributed by atoms with E-state index in [9.17, 15) is 4.79 Å². The third-order valence-electron chi connectivity index (χ3n) is 3.96. The summed E-state index contributed by atoms with van der Waals surface area (Å²) >= 11 is 0. The lowest BCUT2D eigenvalue weighted by molar-refractivity contribution is -0.139. The lowest BCUT2D eigenvalue weighted by Crippen LogP contribution is -2.54. The molecule has 0 spiro atoms. The van der Waals surface area contributed by atoms with Gasteiger partial charge in [-0.15, -0.1) is 0 Å². The van der Waals surface area contributed by atoms with Crippen LogP contribution in [0.4, 0.5) is 0 Å². The van der Waals surface area contributed by atoms with E-state index in [1.807, 2.05) is 0 Å². The molecule has 2 aliphatic rings. The maximum absolute atomic E-state index is 12.3. The van der Waals surface area contributed by atoms with Crippen molar-refractivity contribution in [1.82, 2.24) is 10.2 Å². The summed E-state index contributed by atoms with van der Waals surface area (Å²) in [6.45, 7) is 7.17. The molecule has 1 aliphatic carbocycles. The Morgan fingerprint density at radius 2 is 2.13 bits per heavy atom. The van der Waals surface area contributed by atoms with E-state index in [0.29, 0.717) is 23.8 Å². The first-order chi connectivity index (χ1) is 7.20. The first-order valence-corrected chi connectivity index (χ1v) is 6.21. The van der Waals surface area contributed by atoms with E-state index < -0.39 is 0 Å². The molecule has 1 amide bonds. The van der Waals surface area contributed by atoms with E-state index in [-0.39, 0.29) is 0 Å². The maximum atomic E-state index is 12.3. The first kappa shape index (κ1) is 10.9. The van der Waals surface area contributed by atoms with E-state index in [0.717, 1.165) is 26.1 Å². The Morgan fingerprint density at radius 1 is 1.33 bits per heavy atom. The minimum atomic E-state index is 0.311. The number of hydrogen-bond donors (Lipinski definition) is 1. The van der Waals surface area contributed by atoms with Gasteiger partial charge in [0.15, 0.2) is 0 Å². The Balaban J connectivity index is 1.99. The van der Waals surface area contributed by atoms with Crippen molar-refractivity contribution in [2.45, 2.75) is 39.2 Å². The SMILES string of the molecule is CC1CCCC1C(=O)N1CCNCC1C. The molecule has 3 heteroatoms. The highest BCUT2D eigenvalue weighted by molar-refractivity contribution is 5.79. The number of hydrogen-bond acceptors (Lipinski definition) is 2. The van der Waals surface area contributed by atoms with Crippen molar-refractivity contribution in [3.05, 3.63) is 0 Å². The molecule has 15 heavy (non-hydrogen) atoms. The zero-order valence-electron chi connectivity index (χ0n) is 9.83. The molecular weight excluding hydrogens is 188 g/mol. The molecule has 3 nitrogen and oxygen atoms in total. The van der Waals surface area contributed by atoms with Gasteiger partial charge in [-0.05, 0) is 25.7 Å². The largest absolute Gasteiger partial charge is 0.337 e. The van der Waals surface area contributed by atoms with Crippen LogP contribution in [0.3, 0.4) is 0 Å². The van der Waals surface area contributed by atoms with Gasteiger partial charge >= 0.3 is 0 Å². The number of nitrogens with one attached hydrogen (secondary N) is 1. The summed E-state index contributed by atoms with van der Waals surface area (Å²) in [6, 6.07) is 0.374. The van der Waals surface area contributed by atoms with Crippen LogP contribution >= 0.6 is 0 Å². The summed E-state index contributed by atoms with van der Waals surface area (Å²) in [5.74, 6) is 1.32. The lowest BCUT2D eigenvalue weighted by atomic mass is 9.95. The summed E-state index contributed by atoms with van der Waals surface area (Å²) in [6.07, 6.45) is 3.57. The standard InChI is InChI=1S/C12H22N2O/c1-9-4-3-5-11(9)12(15)14-7-6-13-8-10(14)2/h9-11,13H,3-8H2,1-2H3. The van der Waals surface area contributed by atoms with E-state index in [4.69, 9.17) is 0 Å². The quantitative estimate of drug-likeness (QED) is 0.706. The van der Waals surface area contributed by atoms with Crippen LogP contribution in [0.5, 0.6) is 0 Å². The molecule has 0 radical (unpaired) electrons. The highest BCUT2D eigenvalue weighted by Gasteiger charge is 2.34. The molecule has 0 bridgehead atoms. The number of amides is 1. The third-order valence-corrected chi connectivity index (χ3v) is 3.96. The molecule has 1 saturated carbocycles. The van der Waals surface area contributed by atoms with Crippen LogP contribution in [0.15, 0.2) is 0 Å². The molecule has 1 saturated heterocycles. The monoisotopic (exact) mass is 210 g/mol. The number of piperazine rings is 1.